The van der Waals surface area contributed by atoms with Gasteiger partial charge in [-0.15, -0.1) is 22.7 Å². The lowest BCUT2D eigenvalue weighted by atomic mass is 10.1. The van der Waals surface area contributed by atoms with Gasteiger partial charge in [-0.1, -0.05) is 18.5 Å². The van der Waals surface area contributed by atoms with Gasteiger partial charge in [-0.05, 0) is 35.9 Å². The van der Waals surface area contributed by atoms with E-state index in [0.717, 1.165) is 16.0 Å². The number of nitrogens with zero attached hydrogens (tertiary/aromatic N) is 2. The molecule has 0 fully saturated rings. The van der Waals surface area contributed by atoms with Crippen LogP contribution >= 0.6 is 34.3 Å². The molecule has 1 amide bonds. The van der Waals surface area contributed by atoms with Crippen LogP contribution in [0, 0.1) is 6.92 Å². The molecule has 0 saturated heterocycles. The molecule has 3 rings (SSSR count). The summed E-state index contributed by atoms with van der Waals surface area (Å²) in [5, 5.41) is 10.00. The first-order valence-electron chi connectivity index (χ1n) is 8.20. The van der Waals surface area contributed by atoms with E-state index in [1.165, 1.54) is 29.8 Å². The van der Waals surface area contributed by atoms with Crippen LogP contribution in [0.15, 0.2) is 23.8 Å². The van der Waals surface area contributed by atoms with Crippen LogP contribution in [0.1, 0.15) is 43.0 Å². The number of aromatic nitrogens is 2. The number of ether oxygens (including phenoxy) is 1. The van der Waals surface area contributed by atoms with Gasteiger partial charge in [0.05, 0.1) is 35.3 Å². The molecule has 0 aromatic carbocycles. The summed E-state index contributed by atoms with van der Waals surface area (Å²) in [4.78, 5) is 26.4. The van der Waals surface area contributed by atoms with Crippen LogP contribution in [0.25, 0.3) is 0 Å². The predicted octanol–water partition coefficient (Wildman–Crippen LogP) is 4.62. The van der Waals surface area contributed by atoms with E-state index in [1.54, 1.807) is 17.1 Å². The van der Waals surface area contributed by atoms with Crippen LogP contribution in [0.2, 0.25) is 5.02 Å². The molecule has 1 N–H and O–H groups in total. The molecule has 0 saturated carbocycles. The lowest BCUT2D eigenvalue weighted by molar-refractivity contribution is 0.0601. The zero-order valence-electron chi connectivity index (χ0n) is 15.0. The van der Waals surface area contributed by atoms with Gasteiger partial charge in [0.2, 0.25) is 0 Å². The first-order chi connectivity index (χ1) is 12.9. The zero-order valence-corrected chi connectivity index (χ0v) is 17.4. The Balaban J connectivity index is 1.79. The van der Waals surface area contributed by atoms with E-state index >= 15 is 0 Å². The van der Waals surface area contributed by atoms with Crippen molar-refractivity contribution in [2.45, 2.75) is 26.8 Å². The van der Waals surface area contributed by atoms with Crippen molar-refractivity contribution in [2.24, 2.45) is 0 Å². The highest BCUT2D eigenvalue weighted by Crippen LogP contribution is 2.34. The maximum atomic E-state index is 12.7. The monoisotopic (exact) mass is 423 g/mol. The topological polar surface area (TPSA) is 73.2 Å². The lowest BCUT2D eigenvalue weighted by Crippen LogP contribution is -2.13. The van der Waals surface area contributed by atoms with Crippen LogP contribution < -0.4 is 5.32 Å². The molecular weight excluding hydrogens is 406 g/mol. The van der Waals surface area contributed by atoms with Crippen molar-refractivity contribution in [3.63, 3.8) is 0 Å². The molecule has 27 heavy (non-hydrogen) atoms. The summed E-state index contributed by atoms with van der Waals surface area (Å²) in [6, 6.07) is 1.81. The standard InChI is InChI=1S/C18H18ClN3O3S2/c1-4-13-10(2)27-17(15(13)18(24)25-3)21-16(23)14-5-11(9-26-14)7-22-8-12(19)6-20-22/h5-6,8-9H,4,7H2,1-3H3,(H,21,23). The Hall–Kier alpha value is -2.16. The molecule has 0 unspecified atom stereocenters. The Kier molecular flexibility index (Phi) is 5.98. The Labute approximate surface area is 169 Å². The quantitative estimate of drug-likeness (QED) is 0.587. The third-order valence-corrected chi connectivity index (χ3v) is 6.24. The Morgan fingerprint density at radius 1 is 1.41 bits per heavy atom. The molecule has 0 aliphatic heterocycles. The number of esters is 1. The molecule has 142 valence electrons. The van der Waals surface area contributed by atoms with Gasteiger partial charge in [0.15, 0.2) is 0 Å². The number of amides is 1. The fourth-order valence-electron chi connectivity index (χ4n) is 2.76. The number of halogens is 1. The van der Waals surface area contributed by atoms with E-state index in [0.29, 0.717) is 33.4 Å². The van der Waals surface area contributed by atoms with Gasteiger partial charge < -0.3 is 10.1 Å². The van der Waals surface area contributed by atoms with Crippen molar-refractivity contribution in [1.82, 2.24) is 9.78 Å². The third-order valence-electron chi connectivity index (χ3n) is 4.00. The number of anilines is 1. The molecule has 6 nitrogen and oxygen atoms in total. The SMILES string of the molecule is CCc1c(C)sc(NC(=O)c2cc(Cn3cc(Cl)cn3)cs2)c1C(=O)OC. The van der Waals surface area contributed by atoms with Gasteiger partial charge in [0.25, 0.3) is 5.91 Å². The second kappa shape index (κ2) is 8.24. The minimum atomic E-state index is -0.436. The molecule has 3 aromatic heterocycles. The molecule has 3 heterocycles. The summed E-state index contributed by atoms with van der Waals surface area (Å²) < 4.78 is 6.60. The van der Waals surface area contributed by atoms with Gasteiger partial charge in [0, 0.05) is 11.1 Å². The van der Waals surface area contributed by atoms with Crippen molar-refractivity contribution >= 4 is 51.2 Å². The number of rotatable bonds is 6. The number of aryl methyl sites for hydroxylation is 1. The minimum Gasteiger partial charge on any atom is -0.465 e. The molecule has 0 aliphatic rings. The first kappa shape index (κ1) is 19.6. The predicted molar refractivity (Wildman–Crippen MR) is 108 cm³/mol. The smallest absolute Gasteiger partial charge is 0.341 e. The molecule has 9 heteroatoms. The highest BCUT2D eigenvalue weighted by atomic mass is 35.5. The second-order valence-corrected chi connectivity index (χ2v) is 8.39. The molecule has 3 aromatic rings. The number of carbonyl (C=O) groups excluding carboxylic acids is 2. The minimum absolute atomic E-state index is 0.251. The molecule has 0 spiro atoms. The van der Waals surface area contributed by atoms with E-state index in [1.807, 2.05) is 25.3 Å². The third kappa shape index (κ3) is 4.23. The van der Waals surface area contributed by atoms with Crippen LogP contribution in [-0.4, -0.2) is 28.8 Å². The number of thiophene rings is 2. The Bertz CT molecular complexity index is 990. The summed E-state index contributed by atoms with van der Waals surface area (Å²) in [7, 11) is 1.34. The molecule has 0 atom stereocenters. The first-order valence-corrected chi connectivity index (χ1v) is 10.3. The Morgan fingerprint density at radius 2 is 2.19 bits per heavy atom. The van der Waals surface area contributed by atoms with Crippen molar-refractivity contribution in [3.8, 4) is 0 Å². The van der Waals surface area contributed by atoms with Crippen LogP contribution in [0.5, 0.6) is 0 Å². The highest BCUT2D eigenvalue weighted by molar-refractivity contribution is 7.17. The fraction of sp³-hybridized carbons (Fsp3) is 0.278. The summed E-state index contributed by atoms with van der Waals surface area (Å²) in [5.74, 6) is -0.687. The number of carbonyl (C=O) groups is 2. The van der Waals surface area contributed by atoms with Crippen LogP contribution in [-0.2, 0) is 17.7 Å². The molecule has 0 aliphatic carbocycles. The van der Waals surface area contributed by atoms with E-state index in [9.17, 15) is 9.59 Å². The number of hydrogen-bond acceptors (Lipinski definition) is 6. The number of hydrogen-bond donors (Lipinski definition) is 1. The molecular formula is C18H18ClN3O3S2. The van der Waals surface area contributed by atoms with Crippen molar-refractivity contribution in [1.29, 1.82) is 0 Å². The van der Waals surface area contributed by atoms with Crippen LogP contribution in [0.3, 0.4) is 0 Å². The maximum Gasteiger partial charge on any atom is 0.341 e. The van der Waals surface area contributed by atoms with Crippen molar-refractivity contribution < 1.29 is 14.3 Å². The average molecular weight is 424 g/mol. The fourth-order valence-corrected chi connectivity index (χ4v) is 4.85. The molecule has 0 radical (unpaired) electrons. The summed E-state index contributed by atoms with van der Waals surface area (Å²) in [5.41, 5.74) is 2.30. The summed E-state index contributed by atoms with van der Waals surface area (Å²) in [6.45, 7) is 4.44. The van der Waals surface area contributed by atoms with E-state index in [-0.39, 0.29) is 5.91 Å². The van der Waals surface area contributed by atoms with Crippen LogP contribution in [0.4, 0.5) is 5.00 Å². The van der Waals surface area contributed by atoms with E-state index in [2.05, 4.69) is 10.4 Å². The zero-order chi connectivity index (χ0) is 19.6. The number of nitrogens with one attached hydrogen (secondary N) is 1. The van der Waals surface area contributed by atoms with Crippen molar-refractivity contribution in [3.05, 3.63) is 55.3 Å². The lowest BCUT2D eigenvalue weighted by Gasteiger charge is -2.06. The molecule has 0 bridgehead atoms. The highest BCUT2D eigenvalue weighted by Gasteiger charge is 2.23. The second-order valence-electron chi connectivity index (χ2n) is 5.82. The number of methoxy groups -OCH3 is 1. The van der Waals surface area contributed by atoms with E-state index < -0.39 is 5.97 Å². The largest absolute Gasteiger partial charge is 0.465 e. The normalized spacial score (nSPS) is 10.8. The van der Waals surface area contributed by atoms with Gasteiger partial charge in [0.1, 0.15) is 5.00 Å². The van der Waals surface area contributed by atoms with E-state index in [4.69, 9.17) is 16.3 Å². The van der Waals surface area contributed by atoms with Crippen molar-refractivity contribution in [2.75, 3.05) is 12.4 Å². The Morgan fingerprint density at radius 3 is 2.81 bits per heavy atom. The van der Waals surface area contributed by atoms with Gasteiger partial charge in [-0.25, -0.2) is 4.79 Å². The summed E-state index contributed by atoms with van der Waals surface area (Å²) >= 11 is 8.60. The average Bonchev–Trinajstić information content (AvgIpc) is 3.34. The van der Waals surface area contributed by atoms with Gasteiger partial charge in [-0.2, -0.15) is 5.10 Å². The van der Waals surface area contributed by atoms with Gasteiger partial charge in [-0.3, -0.25) is 9.48 Å². The maximum absolute atomic E-state index is 12.7. The summed E-state index contributed by atoms with van der Waals surface area (Å²) in [6.07, 6.45) is 3.99. The van der Waals surface area contributed by atoms with Gasteiger partial charge >= 0.3 is 5.97 Å².